The molecule has 0 fully saturated rings. The van der Waals surface area contributed by atoms with E-state index in [1.54, 1.807) is 0 Å². The smallest absolute Gasteiger partial charge is 0.143 e. The van der Waals surface area contributed by atoms with Gasteiger partial charge in [-0.3, -0.25) is 0 Å². The molecule has 58 heavy (non-hydrogen) atoms. The van der Waals surface area contributed by atoms with Crippen LogP contribution in [0.4, 0.5) is 17.1 Å². The summed E-state index contributed by atoms with van der Waals surface area (Å²) in [6.45, 7) is 0. The van der Waals surface area contributed by atoms with Gasteiger partial charge in [-0.15, -0.1) is 0 Å². The van der Waals surface area contributed by atoms with Crippen molar-refractivity contribution >= 4 is 60.5 Å². The van der Waals surface area contributed by atoms with Gasteiger partial charge in [0.1, 0.15) is 11.2 Å². The minimum Gasteiger partial charge on any atom is -0.455 e. The van der Waals surface area contributed by atoms with Gasteiger partial charge < -0.3 is 9.32 Å². The lowest BCUT2D eigenvalue weighted by atomic mass is 9.97. The summed E-state index contributed by atoms with van der Waals surface area (Å²) in [5.74, 6) is 0. The highest BCUT2D eigenvalue weighted by molar-refractivity contribution is 6.11. The lowest BCUT2D eigenvalue weighted by molar-refractivity contribution is 0.670. The van der Waals surface area contributed by atoms with E-state index >= 15 is 0 Å². The number of fused-ring (bicyclic) bond motifs is 6. The Morgan fingerprint density at radius 3 is 1.55 bits per heavy atom. The number of benzene rings is 10. The molecule has 11 rings (SSSR count). The van der Waals surface area contributed by atoms with Crippen LogP contribution in [-0.2, 0) is 0 Å². The highest BCUT2D eigenvalue weighted by atomic mass is 16.3. The summed E-state index contributed by atoms with van der Waals surface area (Å²) >= 11 is 0. The highest BCUT2D eigenvalue weighted by Gasteiger charge is 2.17. The van der Waals surface area contributed by atoms with Crippen molar-refractivity contribution in [3.05, 3.63) is 224 Å². The first-order valence-electron chi connectivity index (χ1n) is 19.8. The zero-order valence-corrected chi connectivity index (χ0v) is 31.7. The van der Waals surface area contributed by atoms with Crippen molar-refractivity contribution in [3.8, 4) is 44.5 Å². The summed E-state index contributed by atoms with van der Waals surface area (Å²) in [6.07, 6.45) is 0. The van der Waals surface area contributed by atoms with Crippen molar-refractivity contribution in [1.82, 2.24) is 0 Å². The average Bonchev–Trinajstić information content (AvgIpc) is 3.68. The predicted molar refractivity (Wildman–Crippen MR) is 245 cm³/mol. The van der Waals surface area contributed by atoms with Crippen molar-refractivity contribution in [3.63, 3.8) is 0 Å². The Labute approximate surface area is 337 Å². The number of hydrogen-bond donors (Lipinski definition) is 0. The van der Waals surface area contributed by atoms with Crippen molar-refractivity contribution in [2.24, 2.45) is 0 Å². The van der Waals surface area contributed by atoms with E-state index in [4.69, 9.17) is 4.42 Å². The third-order valence-corrected chi connectivity index (χ3v) is 11.5. The normalized spacial score (nSPS) is 11.4. The van der Waals surface area contributed by atoms with Gasteiger partial charge in [-0.25, -0.2) is 0 Å². The largest absolute Gasteiger partial charge is 0.455 e. The lowest BCUT2D eigenvalue weighted by Gasteiger charge is -2.26. The van der Waals surface area contributed by atoms with E-state index < -0.39 is 0 Å². The van der Waals surface area contributed by atoms with E-state index in [0.717, 1.165) is 50.1 Å². The number of para-hydroxylation sites is 1. The third-order valence-electron chi connectivity index (χ3n) is 11.5. The van der Waals surface area contributed by atoms with Crippen LogP contribution < -0.4 is 4.90 Å². The van der Waals surface area contributed by atoms with Crippen LogP contribution >= 0.6 is 0 Å². The number of anilines is 3. The molecule has 0 radical (unpaired) electrons. The van der Waals surface area contributed by atoms with Crippen LogP contribution in [0.2, 0.25) is 0 Å². The summed E-state index contributed by atoms with van der Waals surface area (Å²) in [5, 5.41) is 7.21. The van der Waals surface area contributed by atoms with Crippen LogP contribution in [0, 0.1) is 0 Å². The number of rotatable bonds is 7. The Hall–Kier alpha value is -7.68. The molecule has 0 saturated carbocycles. The molecule has 0 atom stereocenters. The Kier molecular flexibility index (Phi) is 8.19. The van der Waals surface area contributed by atoms with E-state index in [-0.39, 0.29) is 0 Å². The molecule has 272 valence electrons. The fourth-order valence-electron chi connectivity index (χ4n) is 8.52. The quantitative estimate of drug-likeness (QED) is 0.151. The molecule has 0 aliphatic carbocycles. The van der Waals surface area contributed by atoms with E-state index in [1.807, 2.05) is 0 Å². The van der Waals surface area contributed by atoms with Crippen molar-refractivity contribution < 1.29 is 4.42 Å². The fraction of sp³-hybridized carbons (Fsp3) is 0. The molecule has 0 unspecified atom stereocenters. The first-order valence-corrected chi connectivity index (χ1v) is 19.8. The van der Waals surface area contributed by atoms with Crippen molar-refractivity contribution in [2.45, 2.75) is 0 Å². The van der Waals surface area contributed by atoms with Crippen LogP contribution in [0.25, 0.3) is 88.0 Å². The van der Waals surface area contributed by atoms with Gasteiger partial charge in [0.25, 0.3) is 0 Å². The first kappa shape index (κ1) is 33.6. The van der Waals surface area contributed by atoms with Gasteiger partial charge in [0.05, 0.1) is 0 Å². The SMILES string of the molecule is c1ccc(-c2ccc(N(c3ccc(-c4cccc5c4oc4ccc(-c6cccc(-c7ccccc7)c6)cc45)cc3)c3ccc4c(ccc5ccccc54)c3)cc2)cc1. The molecule has 0 N–H and O–H groups in total. The van der Waals surface area contributed by atoms with Gasteiger partial charge in [0.2, 0.25) is 0 Å². The maximum Gasteiger partial charge on any atom is 0.143 e. The van der Waals surface area contributed by atoms with Crippen LogP contribution in [0.3, 0.4) is 0 Å². The lowest BCUT2D eigenvalue weighted by Crippen LogP contribution is -2.09. The Balaban J connectivity index is 0.975. The van der Waals surface area contributed by atoms with Gasteiger partial charge >= 0.3 is 0 Å². The minimum absolute atomic E-state index is 0.885. The van der Waals surface area contributed by atoms with E-state index in [9.17, 15) is 0 Å². The Morgan fingerprint density at radius 2 is 0.793 bits per heavy atom. The molecular weight excluding hydrogens is 703 g/mol. The molecule has 0 aliphatic rings. The molecule has 1 aromatic heterocycles. The molecule has 10 aromatic carbocycles. The van der Waals surface area contributed by atoms with E-state index in [0.29, 0.717) is 0 Å². The topological polar surface area (TPSA) is 16.4 Å². The first-order chi connectivity index (χ1) is 28.7. The van der Waals surface area contributed by atoms with Gasteiger partial charge in [0, 0.05) is 33.4 Å². The van der Waals surface area contributed by atoms with Crippen LogP contribution in [0.15, 0.2) is 229 Å². The van der Waals surface area contributed by atoms with E-state index in [2.05, 4.69) is 229 Å². The summed E-state index contributed by atoms with van der Waals surface area (Å²) in [5.41, 5.74) is 14.4. The number of hydrogen-bond acceptors (Lipinski definition) is 2. The maximum atomic E-state index is 6.65. The Morgan fingerprint density at radius 1 is 0.276 bits per heavy atom. The summed E-state index contributed by atoms with van der Waals surface area (Å²) in [7, 11) is 0. The monoisotopic (exact) mass is 739 g/mol. The van der Waals surface area contributed by atoms with Gasteiger partial charge in [-0.05, 0) is 115 Å². The molecular formula is C56H37NO. The molecule has 2 heteroatoms. The zero-order valence-electron chi connectivity index (χ0n) is 31.7. The van der Waals surface area contributed by atoms with Crippen molar-refractivity contribution in [2.75, 3.05) is 4.90 Å². The minimum atomic E-state index is 0.885. The molecule has 11 aromatic rings. The van der Waals surface area contributed by atoms with Gasteiger partial charge in [0.15, 0.2) is 0 Å². The van der Waals surface area contributed by atoms with Crippen molar-refractivity contribution in [1.29, 1.82) is 0 Å². The fourth-order valence-corrected chi connectivity index (χ4v) is 8.52. The van der Waals surface area contributed by atoms with Crippen LogP contribution in [0.1, 0.15) is 0 Å². The molecule has 0 aliphatic heterocycles. The predicted octanol–water partition coefficient (Wildman–Crippen LogP) is 16.0. The Bertz CT molecular complexity index is 3250. The zero-order chi connectivity index (χ0) is 38.4. The van der Waals surface area contributed by atoms with Crippen LogP contribution in [-0.4, -0.2) is 0 Å². The third kappa shape index (κ3) is 6.00. The van der Waals surface area contributed by atoms with E-state index in [1.165, 1.54) is 54.9 Å². The van der Waals surface area contributed by atoms with Crippen LogP contribution in [0.5, 0.6) is 0 Å². The maximum absolute atomic E-state index is 6.65. The second kappa shape index (κ2) is 14.1. The molecule has 2 nitrogen and oxygen atoms in total. The standard InChI is InChI=1S/C56H37NO/c1-3-11-38(12-4-1)40-23-28-47(29-24-40)57(49-32-33-51-46(36-49)22-21-41-15-7-8-18-50(41)51)48-30-25-42(26-31-48)52-19-10-20-53-54-37-45(27-34-55(54)58-56(52)53)44-17-9-16-43(35-44)39-13-5-2-6-14-39/h1-37H. The molecule has 0 spiro atoms. The number of furan rings is 1. The summed E-state index contributed by atoms with van der Waals surface area (Å²) in [4.78, 5) is 2.35. The molecule has 1 heterocycles. The highest BCUT2D eigenvalue weighted by Crippen LogP contribution is 2.41. The number of nitrogens with zero attached hydrogens (tertiary/aromatic N) is 1. The molecule has 0 saturated heterocycles. The summed E-state index contributed by atoms with van der Waals surface area (Å²) in [6, 6.07) is 80.6. The molecule has 0 bridgehead atoms. The molecule has 0 amide bonds. The average molecular weight is 740 g/mol. The second-order valence-electron chi connectivity index (χ2n) is 14.9. The second-order valence-corrected chi connectivity index (χ2v) is 14.9. The summed E-state index contributed by atoms with van der Waals surface area (Å²) < 4.78 is 6.65. The van der Waals surface area contributed by atoms with Gasteiger partial charge in [-0.2, -0.15) is 0 Å². The van der Waals surface area contributed by atoms with Gasteiger partial charge in [-0.1, -0.05) is 170 Å².